The van der Waals surface area contributed by atoms with Crippen LogP contribution in [0.3, 0.4) is 0 Å². The fraction of sp³-hybridized carbons (Fsp3) is 0.600. The van der Waals surface area contributed by atoms with Crippen LogP contribution in [0.25, 0.3) is 0 Å². The number of nitrogens with zero attached hydrogens (tertiary/aromatic N) is 5. The third-order valence-corrected chi connectivity index (χ3v) is 5.66. The highest BCUT2D eigenvalue weighted by molar-refractivity contribution is 5.04. The summed E-state index contributed by atoms with van der Waals surface area (Å²) in [6, 6.07) is 6.17. The van der Waals surface area contributed by atoms with E-state index in [4.69, 9.17) is 4.74 Å². The zero-order chi connectivity index (χ0) is 17.8. The Morgan fingerprint density at radius 3 is 2.73 bits per heavy atom. The summed E-state index contributed by atoms with van der Waals surface area (Å²) in [5.41, 5.74) is 1.36. The van der Waals surface area contributed by atoms with Crippen LogP contribution < -0.4 is 0 Å². The first-order valence-corrected chi connectivity index (χ1v) is 9.61. The number of ether oxygens (including phenoxy) is 1. The molecule has 0 N–H and O–H groups in total. The molecule has 2 saturated heterocycles. The maximum atomic E-state index is 6.05. The Hall–Kier alpha value is -1.76. The largest absolute Gasteiger partial charge is 0.379 e. The van der Waals surface area contributed by atoms with E-state index in [1.807, 2.05) is 24.7 Å². The summed E-state index contributed by atoms with van der Waals surface area (Å²) < 4.78 is 8.18. The quantitative estimate of drug-likeness (QED) is 0.839. The van der Waals surface area contributed by atoms with Crippen molar-refractivity contribution >= 4 is 0 Å². The molecule has 2 fully saturated rings. The van der Waals surface area contributed by atoms with Crippen LogP contribution in [0.1, 0.15) is 24.4 Å². The summed E-state index contributed by atoms with van der Waals surface area (Å²) in [6.07, 6.45) is 8.26. The molecule has 0 unspecified atom stereocenters. The van der Waals surface area contributed by atoms with E-state index in [1.165, 1.54) is 12.8 Å². The summed E-state index contributed by atoms with van der Waals surface area (Å²) in [6.45, 7) is 7.80. The highest BCUT2D eigenvalue weighted by atomic mass is 16.5. The van der Waals surface area contributed by atoms with Gasteiger partial charge in [0.15, 0.2) is 0 Å². The fourth-order valence-corrected chi connectivity index (χ4v) is 4.38. The van der Waals surface area contributed by atoms with E-state index in [2.05, 4.69) is 43.5 Å². The van der Waals surface area contributed by atoms with Crippen LogP contribution in [0, 0.1) is 5.41 Å². The van der Waals surface area contributed by atoms with Crippen molar-refractivity contribution in [2.24, 2.45) is 12.5 Å². The van der Waals surface area contributed by atoms with Gasteiger partial charge < -0.3 is 9.30 Å². The molecule has 0 radical (unpaired) electrons. The molecule has 4 rings (SSSR count). The third kappa shape index (κ3) is 4.14. The maximum Gasteiger partial charge on any atom is 0.122 e. The van der Waals surface area contributed by atoms with Crippen molar-refractivity contribution < 1.29 is 4.74 Å². The highest BCUT2D eigenvalue weighted by Gasteiger charge is 2.39. The topological polar surface area (TPSA) is 46.4 Å². The van der Waals surface area contributed by atoms with E-state index in [-0.39, 0.29) is 5.41 Å². The molecule has 2 aromatic rings. The number of aryl methyl sites for hydroxylation is 1. The predicted octanol–water partition coefficient (Wildman–Crippen LogP) is 1.93. The van der Waals surface area contributed by atoms with Gasteiger partial charge >= 0.3 is 0 Å². The van der Waals surface area contributed by atoms with Crippen LogP contribution in [-0.4, -0.2) is 63.7 Å². The van der Waals surface area contributed by atoms with Crippen LogP contribution >= 0.6 is 0 Å². The van der Waals surface area contributed by atoms with Gasteiger partial charge in [0.25, 0.3) is 0 Å². The summed E-state index contributed by atoms with van der Waals surface area (Å²) in [4.78, 5) is 14.1. The molecule has 0 amide bonds. The number of hydrogen-bond acceptors (Lipinski definition) is 5. The molecule has 0 aromatic carbocycles. The van der Waals surface area contributed by atoms with Crippen molar-refractivity contribution in [2.45, 2.75) is 25.9 Å². The lowest BCUT2D eigenvalue weighted by molar-refractivity contribution is 0.00144. The molecule has 2 aromatic heterocycles. The minimum absolute atomic E-state index is 0.217. The maximum absolute atomic E-state index is 6.05. The average Bonchev–Trinajstić information content (AvgIpc) is 2.94. The van der Waals surface area contributed by atoms with E-state index in [0.717, 1.165) is 64.0 Å². The van der Waals surface area contributed by atoms with Gasteiger partial charge in [-0.15, -0.1) is 0 Å². The van der Waals surface area contributed by atoms with Crippen LogP contribution in [0.5, 0.6) is 0 Å². The zero-order valence-electron chi connectivity index (χ0n) is 15.7. The van der Waals surface area contributed by atoms with Gasteiger partial charge in [0.1, 0.15) is 5.82 Å². The molecule has 1 atom stereocenters. The second kappa shape index (κ2) is 7.86. The normalized spacial score (nSPS) is 25.4. The molecule has 0 saturated carbocycles. The second-order valence-corrected chi connectivity index (χ2v) is 7.85. The molecule has 0 bridgehead atoms. The Morgan fingerprint density at radius 1 is 1.08 bits per heavy atom. The van der Waals surface area contributed by atoms with Crippen molar-refractivity contribution in [3.8, 4) is 0 Å². The van der Waals surface area contributed by atoms with Gasteiger partial charge in [0, 0.05) is 57.2 Å². The Labute approximate surface area is 155 Å². The van der Waals surface area contributed by atoms with Gasteiger partial charge in [0.05, 0.1) is 25.5 Å². The van der Waals surface area contributed by atoms with Crippen LogP contribution in [0.4, 0.5) is 0 Å². The smallest absolute Gasteiger partial charge is 0.122 e. The second-order valence-electron chi connectivity index (χ2n) is 7.85. The summed E-state index contributed by atoms with van der Waals surface area (Å²) in [5.74, 6) is 1.14. The number of aromatic nitrogens is 3. The third-order valence-electron chi connectivity index (χ3n) is 5.66. The van der Waals surface area contributed by atoms with Crippen LogP contribution in [0.2, 0.25) is 0 Å². The minimum atomic E-state index is 0.217. The molecule has 26 heavy (non-hydrogen) atoms. The van der Waals surface area contributed by atoms with Crippen molar-refractivity contribution in [1.29, 1.82) is 0 Å². The fourth-order valence-electron chi connectivity index (χ4n) is 4.38. The lowest BCUT2D eigenvalue weighted by Gasteiger charge is -2.43. The molecule has 140 valence electrons. The Bertz CT molecular complexity index is 703. The van der Waals surface area contributed by atoms with Crippen LogP contribution in [0.15, 0.2) is 36.8 Å². The lowest BCUT2D eigenvalue weighted by atomic mass is 9.80. The molecule has 6 heteroatoms. The number of pyridine rings is 1. The predicted molar refractivity (Wildman–Crippen MR) is 100 cm³/mol. The first kappa shape index (κ1) is 17.6. The van der Waals surface area contributed by atoms with Gasteiger partial charge in [-0.25, -0.2) is 4.98 Å². The molecule has 2 aliphatic heterocycles. The van der Waals surface area contributed by atoms with Gasteiger partial charge in [0.2, 0.25) is 0 Å². The van der Waals surface area contributed by atoms with Gasteiger partial charge in [-0.1, -0.05) is 6.07 Å². The zero-order valence-corrected chi connectivity index (χ0v) is 15.7. The Kier molecular flexibility index (Phi) is 5.33. The molecule has 1 spiro atoms. The monoisotopic (exact) mass is 355 g/mol. The summed E-state index contributed by atoms with van der Waals surface area (Å²) in [5, 5.41) is 0. The number of piperidine rings is 1. The number of imidazole rings is 1. The standard InChI is InChI=1S/C20H29N5O/c1-23-10-8-22-19(23)14-24-9-4-6-20(15-24)16-25(11-12-26-17-20)13-18-5-2-3-7-21-18/h2-3,5,7-8,10H,4,6,9,11-17H2,1H3/t20-/m0/s1. The Morgan fingerprint density at radius 2 is 1.96 bits per heavy atom. The highest BCUT2D eigenvalue weighted by Crippen LogP contribution is 2.33. The van der Waals surface area contributed by atoms with Crippen molar-refractivity contribution in [2.75, 3.05) is 39.4 Å². The number of hydrogen-bond donors (Lipinski definition) is 0. The molecule has 0 aliphatic carbocycles. The summed E-state index contributed by atoms with van der Waals surface area (Å²) in [7, 11) is 2.07. The van der Waals surface area contributed by atoms with Gasteiger partial charge in [-0.05, 0) is 31.5 Å². The lowest BCUT2D eigenvalue weighted by Crippen LogP contribution is -2.50. The molecule has 6 nitrogen and oxygen atoms in total. The van der Waals surface area contributed by atoms with E-state index in [1.54, 1.807) is 0 Å². The number of likely N-dealkylation sites (tertiary alicyclic amines) is 1. The van der Waals surface area contributed by atoms with Gasteiger partial charge in [-0.3, -0.25) is 14.8 Å². The first-order chi connectivity index (χ1) is 12.7. The van der Waals surface area contributed by atoms with E-state index >= 15 is 0 Å². The Balaban J connectivity index is 1.44. The van der Waals surface area contributed by atoms with Crippen molar-refractivity contribution in [3.05, 3.63) is 48.3 Å². The van der Waals surface area contributed by atoms with E-state index in [0.29, 0.717) is 0 Å². The SMILES string of the molecule is Cn1ccnc1CN1CCC[C@]2(COCCN(Cc3ccccn3)C2)C1. The van der Waals surface area contributed by atoms with Gasteiger partial charge in [-0.2, -0.15) is 0 Å². The minimum Gasteiger partial charge on any atom is -0.379 e. The average molecular weight is 355 g/mol. The first-order valence-electron chi connectivity index (χ1n) is 9.61. The molecular formula is C20H29N5O. The van der Waals surface area contributed by atoms with Crippen molar-refractivity contribution in [3.63, 3.8) is 0 Å². The molecule has 2 aliphatic rings. The van der Waals surface area contributed by atoms with E-state index in [9.17, 15) is 0 Å². The van der Waals surface area contributed by atoms with Crippen LogP contribution in [-0.2, 0) is 24.9 Å². The van der Waals surface area contributed by atoms with Crippen molar-refractivity contribution in [1.82, 2.24) is 24.3 Å². The molecular weight excluding hydrogens is 326 g/mol. The number of rotatable bonds is 4. The van der Waals surface area contributed by atoms with E-state index < -0.39 is 0 Å². The summed E-state index contributed by atoms with van der Waals surface area (Å²) >= 11 is 0. The molecule has 4 heterocycles.